The Morgan fingerprint density at radius 2 is 0.843 bits per heavy atom. The maximum Gasteiger partial charge on any atom is 0.420 e. The molecule has 4 aliphatic heterocycles. The quantitative estimate of drug-likeness (QED) is 0.0465. The van der Waals surface area contributed by atoms with Crippen LogP contribution in [-0.4, -0.2) is 133 Å². The summed E-state index contributed by atoms with van der Waals surface area (Å²) in [6.45, 7) is 6.68. The molecule has 0 spiro atoms. The van der Waals surface area contributed by atoms with Crippen molar-refractivity contribution in [1.29, 1.82) is 0 Å². The number of amides is 2. The van der Waals surface area contributed by atoms with Gasteiger partial charge in [0.1, 0.15) is 10.5 Å². The fourth-order valence-electron chi connectivity index (χ4n) is 9.05. The number of esters is 2. The number of carbonyl (C=O) groups excluding carboxylic acids is 4. The van der Waals surface area contributed by atoms with Crippen LogP contribution in [0.5, 0.6) is 0 Å². The second kappa shape index (κ2) is 22.8. The van der Waals surface area contributed by atoms with E-state index >= 15 is 0 Å². The van der Waals surface area contributed by atoms with Gasteiger partial charge in [-0.1, -0.05) is 96.3 Å². The second-order valence-corrected chi connectivity index (χ2v) is 19.8. The topological polar surface area (TPSA) is 106 Å². The summed E-state index contributed by atoms with van der Waals surface area (Å²) in [4.78, 5) is 66.2. The Balaban J connectivity index is 0.838. The SMILES string of the molecule is O=C(OC1SC(c2ccccc2)C(=O)N1CCCCN1CCN(c2cccc(C(F)(F)F)c2)CC1)C(=O)OC1SC(c2ccccc2)C(=O)N1CCCCN1CCN(c2cccc(C(F)(F)F)c2)CC1. The van der Waals surface area contributed by atoms with Gasteiger partial charge in [0.05, 0.1) is 11.1 Å². The maximum atomic E-state index is 13.9. The largest absolute Gasteiger partial charge is 0.423 e. The van der Waals surface area contributed by atoms with E-state index in [0.29, 0.717) is 114 Å². The summed E-state index contributed by atoms with van der Waals surface area (Å²) in [5, 5.41) is -1.38. The molecule has 4 heterocycles. The second-order valence-electron chi connectivity index (χ2n) is 17.5. The zero-order valence-corrected chi connectivity index (χ0v) is 39.9. The predicted octanol–water partition coefficient (Wildman–Crippen LogP) is 8.52. The molecular formula is C50H54F6N6O6S2. The number of alkyl halides is 6. The summed E-state index contributed by atoms with van der Waals surface area (Å²) in [5.74, 6) is -3.15. The summed E-state index contributed by atoms with van der Waals surface area (Å²) in [6, 6.07) is 28.8. The van der Waals surface area contributed by atoms with Gasteiger partial charge < -0.3 is 19.3 Å². The lowest BCUT2D eigenvalue weighted by atomic mass is 10.1. The Kier molecular flexibility index (Phi) is 16.6. The third-order valence-corrected chi connectivity index (χ3v) is 15.5. The molecule has 20 heteroatoms. The lowest BCUT2D eigenvalue weighted by Crippen LogP contribution is -2.46. The number of nitrogens with zero attached hydrogens (tertiary/aromatic N) is 6. The smallest absolute Gasteiger partial charge is 0.420 e. The number of unbranched alkanes of at least 4 members (excludes halogenated alkanes) is 2. The van der Waals surface area contributed by atoms with E-state index in [9.17, 15) is 45.5 Å². The Labute approximate surface area is 411 Å². The molecule has 4 aromatic carbocycles. The number of anilines is 2. The van der Waals surface area contributed by atoms with Gasteiger partial charge in [-0.05, 0) is 86.3 Å². The maximum absolute atomic E-state index is 13.9. The molecule has 4 aliphatic rings. The van der Waals surface area contributed by atoms with Crippen molar-refractivity contribution in [2.24, 2.45) is 0 Å². The minimum atomic E-state index is -4.42. The molecule has 4 atom stereocenters. The number of benzene rings is 4. The highest BCUT2D eigenvalue weighted by Gasteiger charge is 2.47. The third-order valence-electron chi connectivity index (χ3n) is 12.9. The van der Waals surface area contributed by atoms with Gasteiger partial charge in [-0.25, -0.2) is 9.59 Å². The first kappa shape index (κ1) is 50.9. The number of ether oxygens (including phenoxy) is 2. The van der Waals surface area contributed by atoms with Crippen LogP contribution in [0.2, 0.25) is 0 Å². The molecule has 4 unspecified atom stereocenters. The van der Waals surface area contributed by atoms with E-state index < -0.39 is 57.0 Å². The molecule has 12 nitrogen and oxygen atoms in total. The molecule has 4 aromatic rings. The normalized spacial score (nSPS) is 21.7. The van der Waals surface area contributed by atoms with Gasteiger partial charge in [0, 0.05) is 76.8 Å². The van der Waals surface area contributed by atoms with Crippen LogP contribution in [0.25, 0.3) is 0 Å². The van der Waals surface area contributed by atoms with Crippen molar-refractivity contribution < 1.29 is 55.0 Å². The molecule has 0 saturated carbocycles. The lowest BCUT2D eigenvalue weighted by Gasteiger charge is -2.36. The Bertz CT molecular complexity index is 2260. The highest BCUT2D eigenvalue weighted by atomic mass is 32.2. The van der Waals surface area contributed by atoms with Crippen LogP contribution in [0.15, 0.2) is 109 Å². The average Bonchev–Trinajstić information content (AvgIpc) is 3.84. The van der Waals surface area contributed by atoms with E-state index in [2.05, 4.69) is 9.80 Å². The molecule has 0 radical (unpaired) electrons. The molecule has 0 bridgehead atoms. The van der Waals surface area contributed by atoms with E-state index in [1.807, 2.05) is 46.2 Å². The molecular weight excluding hydrogens is 959 g/mol. The number of rotatable bonds is 16. The minimum Gasteiger partial charge on any atom is -0.423 e. The number of carbonyl (C=O) groups is 4. The molecule has 2 amide bonds. The van der Waals surface area contributed by atoms with Crippen molar-refractivity contribution in [2.45, 2.75) is 59.7 Å². The molecule has 0 aliphatic carbocycles. The molecule has 0 N–H and O–H groups in total. The Morgan fingerprint density at radius 3 is 1.20 bits per heavy atom. The zero-order chi connectivity index (χ0) is 49.4. The van der Waals surface area contributed by atoms with E-state index in [-0.39, 0.29) is 24.9 Å². The highest BCUT2D eigenvalue weighted by Crippen LogP contribution is 2.45. The average molecular weight is 1010 g/mol. The van der Waals surface area contributed by atoms with Crippen molar-refractivity contribution in [2.75, 3.05) is 88.3 Å². The van der Waals surface area contributed by atoms with Crippen molar-refractivity contribution in [3.63, 3.8) is 0 Å². The Morgan fingerprint density at radius 1 is 0.486 bits per heavy atom. The standard InChI is InChI=1S/C50H54F6N6O6S2/c51-49(52,53)37-17-11-19-39(33-37)59-29-25-57(26-30-59)21-7-9-23-61-43(63)41(35-13-3-1-4-14-35)69-47(61)67-45(65)46(66)68-48-62(44(64)42(70-48)36-15-5-2-6-16-36)24-10-8-22-58-27-31-60(32-28-58)40-20-12-18-38(34-40)50(54,55)56/h1-6,11-20,33-34,41-42,47-48H,7-10,21-32H2. The van der Waals surface area contributed by atoms with Crippen LogP contribution < -0.4 is 9.80 Å². The van der Waals surface area contributed by atoms with Crippen molar-refractivity contribution in [3.05, 3.63) is 131 Å². The monoisotopic (exact) mass is 1010 g/mol. The van der Waals surface area contributed by atoms with Crippen molar-refractivity contribution in [1.82, 2.24) is 19.6 Å². The number of hydrogen-bond donors (Lipinski definition) is 0. The van der Waals surface area contributed by atoms with Crippen molar-refractivity contribution >= 4 is 58.7 Å². The number of halogens is 6. The molecule has 374 valence electrons. The number of piperazine rings is 2. The van der Waals surface area contributed by atoms with Gasteiger partial charge in [-0.15, -0.1) is 0 Å². The zero-order valence-electron chi connectivity index (χ0n) is 38.2. The van der Waals surface area contributed by atoms with E-state index in [0.717, 1.165) is 35.7 Å². The minimum absolute atomic E-state index is 0.234. The fourth-order valence-corrected chi connectivity index (χ4v) is 11.6. The molecule has 4 fully saturated rings. The van der Waals surface area contributed by atoms with Gasteiger partial charge in [0.2, 0.25) is 22.9 Å². The van der Waals surface area contributed by atoms with Gasteiger partial charge in [0.25, 0.3) is 0 Å². The van der Waals surface area contributed by atoms with E-state index in [1.54, 1.807) is 36.4 Å². The predicted molar refractivity (Wildman–Crippen MR) is 255 cm³/mol. The van der Waals surface area contributed by atoms with Crippen molar-refractivity contribution in [3.8, 4) is 0 Å². The van der Waals surface area contributed by atoms with E-state index in [1.165, 1.54) is 34.1 Å². The van der Waals surface area contributed by atoms with E-state index in [4.69, 9.17) is 9.47 Å². The highest BCUT2D eigenvalue weighted by molar-refractivity contribution is 8.01. The van der Waals surface area contributed by atoms with Gasteiger partial charge >= 0.3 is 24.3 Å². The Hall–Kier alpha value is -5.44. The van der Waals surface area contributed by atoms with Crippen LogP contribution in [0.1, 0.15) is 58.4 Å². The first-order chi connectivity index (χ1) is 33.6. The molecule has 70 heavy (non-hydrogen) atoms. The summed E-state index contributed by atoms with van der Waals surface area (Å²) >= 11 is 2.20. The lowest BCUT2D eigenvalue weighted by molar-refractivity contribution is -0.177. The third kappa shape index (κ3) is 12.7. The first-order valence-corrected chi connectivity index (χ1v) is 25.2. The van der Waals surface area contributed by atoms with Gasteiger partial charge in [-0.2, -0.15) is 26.3 Å². The van der Waals surface area contributed by atoms with Crippen LogP contribution in [0.3, 0.4) is 0 Å². The summed E-state index contributed by atoms with van der Waals surface area (Å²) < 4.78 is 91.4. The summed E-state index contributed by atoms with van der Waals surface area (Å²) in [7, 11) is 0. The van der Waals surface area contributed by atoms with Crippen LogP contribution >= 0.6 is 23.5 Å². The van der Waals surface area contributed by atoms with Crippen LogP contribution in [0.4, 0.5) is 37.7 Å². The fraction of sp³-hybridized carbons (Fsp3) is 0.440. The van der Waals surface area contributed by atoms with Gasteiger partial charge in [0.15, 0.2) is 0 Å². The van der Waals surface area contributed by atoms with Gasteiger partial charge in [-0.3, -0.25) is 29.2 Å². The number of thioether (sulfide) groups is 2. The molecule has 8 rings (SSSR count). The number of hydrogen-bond acceptors (Lipinski definition) is 12. The molecule has 0 aromatic heterocycles. The summed E-state index contributed by atoms with van der Waals surface area (Å²) in [5.41, 5.74) is -1.15. The summed E-state index contributed by atoms with van der Waals surface area (Å²) in [6.07, 6.45) is -6.38. The van der Waals surface area contributed by atoms with Crippen LogP contribution in [-0.2, 0) is 41.0 Å². The first-order valence-electron chi connectivity index (χ1n) is 23.3. The molecule has 4 saturated heterocycles. The van der Waals surface area contributed by atoms with Crippen LogP contribution in [0, 0.1) is 0 Å².